The van der Waals surface area contributed by atoms with Crippen LogP contribution in [-0.2, 0) is 16.0 Å². The highest BCUT2D eigenvalue weighted by atomic mass is 16.2. The Morgan fingerprint density at radius 3 is 2.46 bits per heavy atom. The number of carbonyl (C=O) groups is 3. The number of amides is 2. The number of para-hydroxylation sites is 1. The average Bonchev–Trinajstić information content (AvgIpc) is 3.11. The van der Waals surface area contributed by atoms with Crippen LogP contribution < -0.4 is 10.2 Å². The topological polar surface area (TPSA) is 66.5 Å². The molecule has 134 valence electrons. The summed E-state index contributed by atoms with van der Waals surface area (Å²) in [7, 11) is 0. The minimum absolute atomic E-state index is 0.0141. The Bertz CT molecular complexity index is 802. The molecule has 2 amide bonds. The standard InChI is InChI=1S/C21H22N2O3/c24-19(17-8-2-1-3-9-17)11-6-12-20(25)22-15-21(26)23-14-13-16-7-4-5-10-18(16)23/h1-5,7-10H,6,11-15H2,(H,22,25). The predicted molar refractivity (Wildman–Crippen MR) is 100 cm³/mol. The molecule has 0 unspecified atom stereocenters. The van der Waals surface area contributed by atoms with Crippen LogP contribution in [0.1, 0.15) is 35.2 Å². The zero-order valence-electron chi connectivity index (χ0n) is 14.6. The van der Waals surface area contributed by atoms with E-state index in [0.29, 0.717) is 24.9 Å². The number of Topliss-reactive ketones (excluding diaryl/α,β-unsaturated/α-hetero) is 1. The third kappa shape index (κ3) is 4.36. The highest BCUT2D eigenvalue weighted by molar-refractivity contribution is 5.98. The Morgan fingerprint density at radius 2 is 1.65 bits per heavy atom. The van der Waals surface area contributed by atoms with E-state index in [2.05, 4.69) is 5.32 Å². The number of carbonyl (C=O) groups excluding carboxylic acids is 3. The number of benzene rings is 2. The van der Waals surface area contributed by atoms with E-state index in [9.17, 15) is 14.4 Å². The summed E-state index contributed by atoms with van der Waals surface area (Å²) in [6.07, 6.45) is 1.88. The molecule has 0 fully saturated rings. The molecule has 1 aliphatic rings. The summed E-state index contributed by atoms with van der Waals surface area (Å²) in [6, 6.07) is 16.9. The largest absolute Gasteiger partial charge is 0.347 e. The molecule has 0 saturated heterocycles. The Balaban J connectivity index is 1.39. The second-order valence-electron chi connectivity index (χ2n) is 6.34. The quantitative estimate of drug-likeness (QED) is 0.781. The third-order valence-corrected chi connectivity index (χ3v) is 4.53. The molecule has 0 aromatic heterocycles. The fourth-order valence-electron chi connectivity index (χ4n) is 3.13. The average molecular weight is 350 g/mol. The molecule has 5 heteroatoms. The smallest absolute Gasteiger partial charge is 0.246 e. The molecule has 0 radical (unpaired) electrons. The van der Waals surface area contributed by atoms with Crippen LogP contribution >= 0.6 is 0 Å². The van der Waals surface area contributed by atoms with E-state index in [0.717, 1.165) is 17.7 Å². The highest BCUT2D eigenvalue weighted by Crippen LogP contribution is 2.27. The number of hydrogen-bond acceptors (Lipinski definition) is 3. The van der Waals surface area contributed by atoms with Gasteiger partial charge in [-0.25, -0.2) is 0 Å². The molecule has 0 aliphatic carbocycles. The van der Waals surface area contributed by atoms with Crippen molar-refractivity contribution in [1.29, 1.82) is 0 Å². The Labute approximate surface area is 153 Å². The first-order chi connectivity index (χ1) is 12.6. The number of rotatable bonds is 7. The molecule has 1 N–H and O–H groups in total. The first-order valence-electron chi connectivity index (χ1n) is 8.88. The zero-order chi connectivity index (χ0) is 18.4. The first-order valence-corrected chi connectivity index (χ1v) is 8.88. The van der Waals surface area contributed by atoms with Crippen LogP contribution in [0.25, 0.3) is 0 Å². The van der Waals surface area contributed by atoms with Crippen molar-refractivity contribution in [2.24, 2.45) is 0 Å². The SMILES string of the molecule is O=C(CCCC(=O)c1ccccc1)NCC(=O)N1CCc2ccccc21. The van der Waals surface area contributed by atoms with Crippen LogP contribution in [0.2, 0.25) is 0 Å². The lowest BCUT2D eigenvalue weighted by Gasteiger charge is -2.17. The molecular formula is C21H22N2O3. The zero-order valence-corrected chi connectivity index (χ0v) is 14.6. The van der Waals surface area contributed by atoms with Crippen molar-refractivity contribution in [3.05, 3.63) is 65.7 Å². The molecule has 5 nitrogen and oxygen atoms in total. The second kappa shape index (κ2) is 8.43. The van der Waals surface area contributed by atoms with E-state index in [1.165, 1.54) is 0 Å². The van der Waals surface area contributed by atoms with Crippen LogP contribution in [0.15, 0.2) is 54.6 Å². The summed E-state index contributed by atoms with van der Waals surface area (Å²) < 4.78 is 0. The summed E-state index contributed by atoms with van der Waals surface area (Å²) in [4.78, 5) is 38.0. The fourth-order valence-corrected chi connectivity index (χ4v) is 3.13. The molecule has 0 atom stereocenters. The van der Waals surface area contributed by atoms with Gasteiger partial charge in [0, 0.05) is 30.6 Å². The molecular weight excluding hydrogens is 328 g/mol. The van der Waals surface area contributed by atoms with Gasteiger partial charge in [0.05, 0.1) is 6.54 Å². The number of nitrogens with zero attached hydrogens (tertiary/aromatic N) is 1. The van der Waals surface area contributed by atoms with Gasteiger partial charge in [0.2, 0.25) is 11.8 Å². The Kier molecular flexibility index (Phi) is 5.79. The summed E-state index contributed by atoms with van der Waals surface area (Å²) in [5.41, 5.74) is 2.75. The van der Waals surface area contributed by atoms with Crippen molar-refractivity contribution in [1.82, 2.24) is 5.32 Å². The van der Waals surface area contributed by atoms with Gasteiger partial charge in [-0.15, -0.1) is 0 Å². The van der Waals surface area contributed by atoms with Gasteiger partial charge in [0.1, 0.15) is 0 Å². The third-order valence-electron chi connectivity index (χ3n) is 4.53. The van der Waals surface area contributed by atoms with Gasteiger partial charge in [0.25, 0.3) is 0 Å². The van der Waals surface area contributed by atoms with Crippen LogP contribution in [0, 0.1) is 0 Å². The minimum atomic E-state index is -0.202. The molecule has 0 bridgehead atoms. The first kappa shape index (κ1) is 17.9. The molecule has 0 spiro atoms. The lowest BCUT2D eigenvalue weighted by Crippen LogP contribution is -2.39. The van der Waals surface area contributed by atoms with Gasteiger partial charge in [-0.3, -0.25) is 14.4 Å². The van der Waals surface area contributed by atoms with E-state index in [1.54, 1.807) is 17.0 Å². The molecule has 1 heterocycles. The van der Waals surface area contributed by atoms with E-state index in [4.69, 9.17) is 0 Å². The normalized spacial score (nSPS) is 12.5. The maximum absolute atomic E-state index is 12.3. The summed E-state index contributed by atoms with van der Waals surface area (Å²) >= 11 is 0. The fraction of sp³-hybridized carbons (Fsp3) is 0.286. The number of ketones is 1. The predicted octanol–water partition coefficient (Wildman–Crippen LogP) is 2.75. The van der Waals surface area contributed by atoms with Crippen molar-refractivity contribution in [2.45, 2.75) is 25.7 Å². The van der Waals surface area contributed by atoms with Crippen LogP contribution in [0.3, 0.4) is 0 Å². The molecule has 26 heavy (non-hydrogen) atoms. The van der Waals surface area contributed by atoms with Gasteiger partial charge in [-0.2, -0.15) is 0 Å². The highest BCUT2D eigenvalue weighted by Gasteiger charge is 2.24. The van der Waals surface area contributed by atoms with Crippen molar-refractivity contribution >= 4 is 23.3 Å². The lowest BCUT2D eigenvalue weighted by molar-refractivity contribution is -0.125. The maximum atomic E-state index is 12.3. The Hall–Kier alpha value is -2.95. The lowest BCUT2D eigenvalue weighted by atomic mass is 10.1. The minimum Gasteiger partial charge on any atom is -0.347 e. The number of nitrogens with one attached hydrogen (secondary N) is 1. The van der Waals surface area contributed by atoms with E-state index < -0.39 is 0 Å². The summed E-state index contributed by atoms with van der Waals surface area (Å²) in [5.74, 6) is -0.279. The summed E-state index contributed by atoms with van der Waals surface area (Å²) in [5, 5.41) is 2.66. The number of fused-ring (bicyclic) bond motifs is 1. The van der Waals surface area contributed by atoms with Gasteiger partial charge in [-0.05, 0) is 24.5 Å². The van der Waals surface area contributed by atoms with E-state index >= 15 is 0 Å². The monoisotopic (exact) mass is 350 g/mol. The number of hydrogen-bond donors (Lipinski definition) is 1. The molecule has 1 aliphatic heterocycles. The van der Waals surface area contributed by atoms with Crippen molar-refractivity contribution in [3.63, 3.8) is 0 Å². The maximum Gasteiger partial charge on any atom is 0.246 e. The van der Waals surface area contributed by atoms with Gasteiger partial charge in [0.15, 0.2) is 5.78 Å². The molecule has 0 saturated carbocycles. The van der Waals surface area contributed by atoms with Gasteiger partial charge in [-0.1, -0.05) is 48.5 Å². The van der Waals surface area contributed by atoms with E-state index in [1.807, 2.05) is 42.5 Å². The van der Waals surface area contributed by atoms with Crippen molar-refractivity contribution in [3.8, 4) is 0 Å². The molecule has 3 rings (SSSR count). The Morgan fingerprint density at radius 1 is 0.923 bits per heavy atom. The van der Waals surface area contributed by atoms with Crippen molar-refractivity contribution in [2.75, 3.05) is 18.0 Å². The molecule has 2 aromatic rings. The van der Waals surface area contributed by atoms with Crippen LogP contribution in [0.5, 0.6) is 0 Å². The second-order valence-corrected chi connectivity index (χ2v) is 6.34. The van der Waals surface area contributed by atoms with Gasteiger partial charge < -0.3 is 10.2 Å². The number of anilines is 1. The van der Waals surface area contributed by atoms with Crippen molar-refractivity contribution < 1.29 is 14.4 Å². The van der Waals surface area contributed by atoms with Crippen LogP contribution in [0.4, 0.5) is 5.69 Å². The van der Waals surface area contributed by atoms with Gasteiger partial charge >= 0.3 is 0 Å². The van der Waals surface area contributed by atoms with E-state index in [-0.39, 0.29) is 30.6 Å². The van der Waals surface area contributed by atoms with Crippen LogP contribution in [-0.4, -0.2) is 30.7 Å². The summed E-state index contributed by atoms with van der Waals surface area (Å²) in [6.45, 7) is 0.638. The molecule has 2 aromatic carbocycles.